The minimum Gasteiger partial charge on any atom is -0.460 e. The maximum Gasteiger partial charge on any atom is 0.320 e. The fourth-order valence-corrected chi connectivity index (χ4v) is 0.794. The second kappa shape index (κ2) is 7.09. The second-order valence-corrected chi connectivity index (χ2v) is 3.08. The van der Waals surface area contributed by atoms with Crippen molar-refractivity contribution in [3.05, 3.63) is 37.0 Å². The summed E-state index contributed by atoms with van der Waals surface area (Å²) in [7, 11) is 3.63. The molecule has 3 heteroatoms. The fourth-order valence-electron chi connectivity index (χ4n) is 0.794. The third-order valence-corrected chi connectivity index (χ3v) is 1.44. The molecule has 0 aliphatic heterocycles. The van der Waals surface area contributed by atoms with Crippen LogP contribution in [-0.4, -0.2) is 38.1 Å². The average Bonchev–Trinajstić information content (AvgIpc) is 2.11. The van der Waals surface area contributed by atoms with E-state index >= 15 is 0 Å². The van der Waals surface area contributed by atoms with E-state index in [1.165, 1.54) is 0 Å². The van der Waals surface area contributed by atoms with Gasteiger partial charge in [-0.15, -0.1) is 0 Å². The maximum absolute atomic E-state index is 11.1. The Morgan fingerprint density at radius 1 is 1.43 bits per heavy atom. The van der Waals surface area contributed by atoms with Gasteiger partial charge >= 0.3 is 5.97 Å². The fraction of sp³-hybridized carbons (Fsp3) is 0.364. The number of esters is 1. The lowest BCUT2D eigenvalue weighted by Gasteiger charge is -2.09. The minimum absolute atomic E-state index is 0.244. The molecule has 0 spiro atoms. The summed E-state index contributed by atoms with van der Waals surface area (Å²) < 4.78 is 4.99. The third kappa shape index (κ3) is 6.20. The Kier molecular flexibility index (Phi) is 6.41. The van der Waals surface area contributed by atoms with E-state index in [0.29, 0.717) is 6.54 Å². The lowest BCUT2D eigenvalue weighted by atomic mass is 10.2. The molecule has 0 aliphatic carbocycles. The molecule has 0 N–H and O–H groups in total. The topological polar surface area (TPSA) is 29.5 Å². The van der Waals surface area contributed by atoms with Crippen molar-refractivity contribution in [3.8, 4) is 0 Å². The van der Waals surface area contributed by atoms with Gasteiger partial charge in [0.1, 0.15) is 6.61 Å². The lowest BCUT2D eigenvalue weighted by Crippen LogP contribution is -2.24. The normalized spacial score (nSPS) is 11.2. The molecule has 0 bridgehead atoms. The molecule has 0 heterocycles. The molecule has 0 amide bonds. The average molecular weight is 195 g/mol. The van der Waals surface area contributed by atoms with E-state index < -0.39 is 0 Å². The van der Waals surface area contributed by atoms with Crippen molar-refractivity contribution < 1.29 is 9.53 Å². The van der Waals surface area contributed by atoms with Crippen LogP contribution in [0.25, 0.3) is 0 Å². The van der Waals surface area contributed by atoms with Gasteiger partial charge in [-0.1, -0.05) is 31.4 Å². The Morgan fingerprint density at radius 3 is 2.50 bits per heavy atom. The van der Waals surface area contributed by atoms with Crippen LogP contribution in [-0.2, 0) is 9.53 Å². The van der Waals surface area contributed by atoms with Crippen LogP contribution in [0.2, 0.25) is 0 Å². The molecule has 0 aromatic carbocycles. The van der Waals surface area contributed by atoms with Crippen LogP contribution in [0.4, 0.5) is 0 Å². The van der Waals surface area contributed by atoms with Crippen molar-refractivity contribution in [2.24, 2.45) is 0 Å². The van der Waals surface area contributed by atoms with E-state index in [9.17, 15) is 4.79 Å². The van der Waals surface area contributed by atoms with Crippen LogP contribution in [0.15, 0.2) is 37.0 Å². The number of carbonyl (C=O) groups is 1. The molecule has 0 fully saturated rings. The standard InChI is InChI=1S/C11H17NO2/c1-5-7-10(6-2)9-14-11(13)8-12(3)4/h5-7H,1-2,8-9H2,3-4H3/b10-7+. The molecule has 0 rings (SSSR count). The number of rotatable bonds is 6. The zero-order chi connectivity index (χ0) is 11.0. The molecule has 0 saturated heterocycles. The van der Waals surface area contributed by atoms with Crippen LogP contribution < -0.4 is 0 Å². The summed E-state index contributed by atoms with van der Waals surface area (Å²) in [6.45, 7) is 7.69. The summed E-state index contributed by atoms with van der Waals surface area (Å²) in [5, 5.41) is 0. The summed E-state index contributed by atoms with van der Waals surface area (Å²) in [6.07, 6.45) is 5.04. The van der Waals surface area contributed by atoms with Crippen molar-refractivity contribution >= 4 is 5.97 Å². The van der Waals surface area contributed by atoms with Gasteiger partial charge in [0.2, 0.25) is 0 Å². The van der Waals surface area contributed by atoms with Crippen LogP contribution in [0.3, 0.4) is 0 Å². The van der Waals surface area contributed by atoms with E-state index in [2.05, 4.69) is 13.2 Å². The molecular weight excluding hydrogens is 178 g/mol. The Morgan fingerprint density at radius 2 is 2.07 bits per heavy atom. The number of allylic oxidation sites excluding steroid dienone is 2. The van der Waals surface area contributed by atoms with Gasteiger partial charge in [-0.2, -0.15) is 0 Å². The number of hydrogen-bond acceptors (Lipinski definition) is 3. The zero-order valence-corrected chi connectivity index (χ0v) is 8.82. The van der Waals surface area contributed by atoms with Gasteiger partial charge < -0.3 is 4.74 Å². The largest absolute Gasteiger partial charge is 0.460 e. The van der Waals surface area contributed by atoms with Crippen LogP contribution in [0.1, 0.15) is 0 Å². The van der Waals surface area contributed by atoms with Crippen molar-refractivity contribution in [1.29, 1.82) is 0 Å². The first kappa shape index (κ1) is 12.7. The third-order valence-electron chi connectivity index (χ3n) is 1.44. The highest BCUT2D eigenvalue weighted by Crippen LogP contribution is 1.97. The SMILES string of the molecule is C=C/C=C(\C=C)COC(=O)CN(C)C. The van der Waals surface area contributed by atoms with Gasteiger partial charge in [-0.25, -0.2) is 0 Å². The monoisotopic (exact) mass is 195 g/mol. The summed E-state index contributed by atoms with van der Waals surface area (Å²) >= 11 is 0. The predicted octanol–water partition coefficient (Wildman–Crippen LogP) is 1.39. The van der Waals surface area contributed by atoms with E-state index in [1.54, 1.807) is 23.1 Å². The highest BCUT2D eigenvalue weighted by atomic mass is 16.5. The van der Waals surface area contributed by atoms with Crippen LogP contribution in [0, 0.1) is 0 Å². The van der Waals surface area contributed by atoms with E-state index in [1.807, 2.05) is 14.1 Å². The van der Waals surface area contributed by atoms with Gasteiger partial charge in [0.05, 0.1) is 6.54 Å². The van der Waals surface area contributed by atoms with Crippen molar-refractivity contribution in [1.82, 2.24) is 4.90 Å². The van der Waals surface area contributed by atoms with E-state index in [-0.39, 0.29) is 12.6 Å². The highest BCUT2D eigenvalue weighted by molar-refractivity contribution is 5.71. The molecule has 0 aromatic heterocycles. The zero-order valence-electron chi connectivity index (χ0n) is 8.82. The summed E-state index contributed by atoms with van der Waals surface area (Å²) in [4.78, 5) is 12.9. The van der Waals surface area contributed by atoms with Gasteiger partial charge in [0.25, 0.3) is 0 Å². The molecule has 0 aliphatic rings. The van der Waals surface area contributed by atoms with Gasteiger partial charge in [-0.3, -0.25) is 9.69 Å². The van der Waals surface area contributed by atoms with E-state index in [4.69, 9.17) is 4.74 Å². The number of carbonyl (C=O) groups excluding carboxylic acids is 1. The number of ether oxygens (including phenoxy) is 1. The molecule has 0 unspecified atom stereocenters. The molecule has 78 valence electrons. The van der Waals surface area contributed by atoms with Gasteiger partial charge in [-0.05, 0) is 19.7 Å². The van der Waals surface area contributed by atoms with Crippen LogP contribution >= 0.6 is 0 Å². The second-order valence-electron chi connectivity index (χ2n) is 3.08. The summed E-state index contributed by atoms with van der Waals surface area (Å²) in [5.41, 5.74) is 0.840. The molecule has 0 aromatic rings. The molecule has 0 radical (unpaired) electrons. The molecule has 3 nitrogen and oxygen atoms in total. The first-order valence-corrected chi connectivity index (χ1v) is 4.34. The summed E-state index contributed by atoms with van der Waals surface area (Å²) in [5.74, 6) is -0.244. The van der Waals surface area contributed by atoms with Crippen LogP contribution in [0.5, 0.6) is 0 Å². The number of nitrogens with zero attached hydrogens (tertiary/aromatic N) is 1. The highest BCUT2D eigenvalue weighted by Gasteiger charge is 2.03. The maximum atomic E-state index is 11.1. The number of likely N-dealkylation sites (N-methyl/N-ethyl adjacent to an activating group) is 1. The Hall–Kier alpha value is -1.35. The first-order valence-electron chi connectivity index (χ1n) is 4.34. The number of hydrogen-bond donors (Lipinski definition) is 0. The summed E-state index contributed by atoms with van der Waals surface area (Å²) in [6, 6.07) is 0. The lowest BCUT2D eigenvalue weighted by molar-refractivity contribution is -0.143. The van der Waals surface area contributed by atoms with E-state index in [0.717, 1.165) is 5.57 Å². The quantitative estimate of drug-likeness (QED) is 0.474. The van der Waals surface area contributed by atoms with Crippen molar-refractivity contribution in [2.45, 2.75) is 0 Å². The minimum atomic E-state index is -0.244. The predicted molar refractivity (Wildman–Crippen MR) is 58.0 cm³/mol. The van der Waals surface area contributed by atoms with Gasteiger partial charge in [0, 0.05) is 0 Å². The molecule has 14 heavy (non-hydrogen) atoms. The molecular formula is C11H17NO2. The Balaban J connectivity index is 3.91. The first-order chi connectivity index (χ1) is 6.60. The molecule has 0 saturated carbocycles. The van der Waals surface area contributed by atoms with Crippen molar-refractivity contribution in [2.75, 3.05) is 27.2 Å². The van der Waals surface area contributed by atoms with Crippen molar-refractivity contribution in [3.63, 3.8) is 0 Å². The van der Waals surface area contributed by atoms with Gasteiger partial charge in [0.15, 0.2) is 0 Å². The molecule has 0 atom stereocenters. The Labute approximate surface area is 85.4 Å². The Bertz CT molecular complexity index is 242. The smallest absolute Gasteiger partial charge is 0.320 e.